The van der Waals surface area contributed by atoms with Crippen molar-refractivity contribution in [2.75, 3.05) is 0 Å². The number of aliphatic hydroxyl groups is 1. The highest BCUT2D eigenvalue weighted by Gasteiger charge is 2.40. The van der Waals surface area contributed by atoms with Crippen molar-refractivity contribution in [1.82, 2.24) is 9.97 Å². The van der Waals surface area contributed by atoms with Crippen LogP contribution in [0.2, 0.25) is 0 Å². The number of H-pyrrole nitrogens is 1. The van der Waals surface area contributed by atoms with Crippen molar-refractivity contribution in [3.63, 3.8) is 0 Å². The number of nitrogens with zero attached hydrogens (tertiary/aromatic N) is 1. The van der Waals surface area contributed by atoms with Crippen LogP contribution in [0.25, 0.3) is 0 Å². The number of imidazole rings is 1. The van der Waals surface area contributed by atoms with E-state index in [4.69, 9.17) is 0 Å². The van der Waals surface area contributed by atoms with E-state index in [1.807, 2.05) is 6.20 Å². The molecule has 1 aromatic heterocycles. The van der Waals surface area contributed by atoms with Gasteiger partial charge in [0.1, 0.15) is 5.82 Å². The molecule has 0 fully saturated rings. The first kappa shape index (κ1) is 12.2. The van der Waals surface area contributed by atoms with Crippen LogP contribution < -0.4 is 0 Å². The number of rotatable bonds is 2. The molecule has 4 rings (SSSR count). The first-order valence-electron chi connectivity index (χ1n) is 7.59. The van der Waals surface area contributed by atoms with Crippen LogP contribution in [-0.2, 0) is 18.4 Å². The molecule has 0 bridgehead atoms. The van der Waals surface area contributed by atoms with E-state index in [-0.39, 0.29) is 0 Å². The minimum Gasteiger partial charge on any atom is -0.385 e. The minimum absolute atomic E-state index is 0.586. The van der Waals surface area contributed by atoms with Gasteiger partial charge in [0.15, 0.2) is 0 Å². The monoisotopic (exact) mass is 268 g/mol. The summed E-state index contributed by atoms with van der Waals surface area (Å²) >= 11 is 0. The van der Waals surface area contributed by atoms with Gasteiger partial charge in [-0.05, 0) is 54.7 Å². The zero-order valence-electron chi connectivity index (χ0n) is 11.6. The summed E-state index contributed by atoms with van der Waals surface area (Å²) in [7, 11) is 0. The lowest BCUT2D eigenvalue weighted by atomic mass is 9.67. The van der Waals surface area contributed by atoms with Gasteiger partial charge in [0.2, 0.25) is 0 Å². The Morgan fingerprint density at radius 3 is 3.15 bits per heavy atom. The molecule has 2 unspecified atom stereocenters. The summed E-state index contributed by atoms with van der Waals surface area (Å²) in [5.41, 5.74) is 3.30. The molecule has 2 aromatic rings. The number of hydrogen-bond donors (Lipinski definition) is 2. The smallest absolute Gasteiger partial charge is 0.109 e. The van der Waals surface area contributed by atoms with Crippen LogP contribution in [0.15, 0.2) is 30.6 Å². The van der Waals surface area contributed by atoms with Crippen LogP contribution >= 0.6 is 0 Å². The molecule has 104 valence electrons. The summed E-state index contributed by atoms with van der Waals surface area (Å²) in [6.07, 6.45) is 9.84. The van der Waals surface area contributed by atoms with E-state index < -0.39 is 5.60 Å². The molecule has 0 amide bonds. The third kappa shape index (κ3) is 1.80. The summed E-state index contributed by atoms with van der Waals surface area (Å²) in [5, 5.41) is 11.2. The Balaban J connectivity index is 1.80. The molecule has 2 aliphatic carbocycles. The SMILES string of the molecule is OC1(Cc2ncc[nH]2)CCC2CCCc3cccc1c32. The lowest BCUT2D eigenvalue weighted by Gasteiger charge is -2.41. The van der Waals surface area contributed by atoms with Gasteiger partial charge in [-0.3, -0.25) is 0 Å². The fraction of sp³-hybridized carbons (Fsp3) is 0.471. The van der Waals surface area contributed by atoms with Crippen molar-refractivity contribution in [3.8, 4) is 0 Å². The molecular weight excluding hydrogens is 248 g/mol. The molecule has 2 N–H and O–H groups in total. The molecule has 3 nitrogen and oxygen atoms in total. The first-order valence-corrected chi connectivity index (χ1v) is 7.59. The summed E-state index contributed by atoms with van der Waals surface area (Å²) in [4.78, 5) is 7.41. The molecule has 3 heteroatoms. The predicted octanol–water partition coefficient (Wildman–Crippen LogP) is 3.05. The van der Waals surface area contributed by atoms with Crippen LogP contribution in [0, 0.1) is 0 Å². The van der Waals surface area contributed by atoms with E-state index in [1.54, 1.807) is 6.20 Å². The fourth-order valence-electron chi connectivity index (χ4n) is 4.09. The second-order valence-electron chi connectivity index (χ2n) is 6.25. The Hall–Kier alpha value is -1.61. The highest BCUT2D eigenvalue weighted by Crippen LogP contribution is 2.48. The first-order chi connectivity index (χ1) is 9.76. The van der Waals surface area contributed by atoms with Crippen molar-refractivity contribution in [1.29, 1.82) is 0 Å². The average Bonchev–Trinajstić information content (AvgIpc) is 2.96. The molecule has 1 aromatic carbocycles. The van der Waals surface area contributed by atoms with Gasteiger partial charge in [-0.1, -0.05) is 18.2 Å². The Labute approximate surface area is 119 Å². The van der Waals surface area contributed by atoms with Gasteiger partial charge >= 0.3 is 0 Å². The Morgan fingerprint density at radius 2 is 2.30 bits per heavy atom. The fourth-order valence-corrected chi connectivity index (χ4v) is 4.09. The van der Waals surface area contributed by atoms with Crippen LogP contribution in [0.4, 0.5) is 0 Å². The maximum Gasteiger partial charge on any atom is 0.109 e. The van der Waals surface area contributed by atoms with Crippen LogP contribution in [0.1, 0.15) is 54.1 Å². The van der Waals surface area contributed by atoms with Gasteiger partial charge in [0, 0.05) is 18.8 Å². The molecule has 2 aliphatic rings. The highest BCUT2D eigenvalue weighted by atomic mass is 16.3. The quantitative estimate of drug-likeness (QED) is 0.879. The van der Waals surface area contributed by atoms with E-state index in [9.17, 15) is 5.11 Å². The number of aromatic nitrogens is 2. The molecule has 2 atom stereocenters. The number of aromatic amines is 1. The molecule has 0 spiro atoms. The molecule has 20 heavy (non-hydrogen) atoms. The van der Waals surface area contributed by atoms with Gasteiger partial charge in [-0.15, -0.1) is 0 Å². The van der Waals surface area contributed by atoms with E-state index in [2.05, 4.69) is 28.2 Å². The topological polar surface area (TPSA) is 48.9 Å². The lowest BCUT2D eigenvalue weighted by Crippen LogP contribution is -2.36. The zero-order valence-corrected chi connectivity index (χ0v) is 11.6. The third-order valence-electron chi connectivity index (χ3n) is 5.03. The summed E-state index contributed by atoms with van der Waals surface area (Å²) in [6, 6.07) is 6.47. The van der Waals surface area contributed by atoms with E-state index in [0.29, 0.717) is 12.3 Å². The molecule has 0 saturated heterocycles. The number of aryl methyl sites for hydroxylation is 1. The largest absolute Gasteiger partial charge is 0.385 e. The zero-order chi connectivity index (χ0) is 13.6. The van der Waals surface area contributed by atoms with E-state index >= 15 is 0 Å². The van der Waals surface area contributed by atoms with Crippen molar-refractivity contribution < 1.29 is 5.11 Å². The maximum absolute atomic E-state index is 11.2. The van der Waals surface area contributed by atoms with Gasteiger partial charge < -0.3 is 10.1 Å². The second kappa shape index (κ2) is 4.45. The standard InChI is InChI=1S/C17H20N2O/c20-17(11-15-18-9-10-19-15)8-7-13-4-1-3-12-5-2-6-14(17)16(12)13/h2,5-6,9-10,13,20H,1,3-4,7-8,11H2,(H,18,19). The molecule has 1 heterocycles. The van der Waals surface area contributed by atoms with Crippen molar-refractivity contribution >= 4 is 0 Å². The average molecular weight is 268 g/mol. The number of hydrogen-bond acceptors (Lipinski definition) is 2. The molecular formula is C17H20N2O. The normalized spacial score (nSPS) is 28.1. The maximum atomic E-state index is 11.2. The summed E-state index contributed by atoms with van der Waals surface area (Å²) < 4.78 is 0. The molecule has 0 aliphatic heterocycles. The van der Waals surface area contributed by atoms with Gasteiger partial charge in [0.25, 0.3) is 0 Å². The Bertz CT molecular complexity index is 620. The number of benzene rings is 1. The van der Waals surface area contributed by atoms with Crippen LogP contribution in [-0.4, -0.2) is 15.1 Å². The van der Waals surface area contributed by atoms with Crippen molar-refractivity contribution in [2.45, 2.75) is 50.0 Å². The van der Waals surface area contributed by atoms with E-state index in [1.165, 1.54) is 24.0 Å². The molecule has 0 radical (unpaired) electrons. The third-order valence-corrected chi connectivity index (χ3v) is 5.03. The van der Waals surface area contributed by atoms with Crippen molar-refractivity contribution in [3.05, 3.63) is 53.1 Å². The second-order valence-corrected chi connectivity index (χ2v) is 6.25. The van der Waals surface area contributed by atoms with Gasteiger partial charge in [0.05, 0.1) is 5.60 Å². The Kier molecular flexibility index (Phi) is 2.71. The van der Waals surface area contributed by atoms with E-state index in [0.717, 1.165) is 30.7 Å². The highest BCUT2D eigenvalue weighted by molar-refractivity contribution is 5.45. The summed E-state index contributed by atoms with van der Waals surface area (Å²) in [6.45, 7) is 0. The lowest BCUT2D eigenvalue weighted by molar-refractivity contribution is 0.0121. The summed E-state index contributed by atoms with van der Waals surface area (Å²) in [5.74, 6) is 1.53. The van der Waals surface area contributed by atoms with Crippen LogP contribution in [0.5, 0.6) is 0 Å². The van der Waals surface area contributed by atoms with Crippen LogP contribution in [0.3, 0.4) is 0 Å². The number of nitrogens with one attached hydrogen (secondary N) is 1. The predicted molar refractivity (Wildman–Crippen MR) is 77.5 cm³/mol. The Morgan fingerprint density at radius 1 is 1.35 bits per heavy atom. The van der Waals surface area contributed by atoms with Gasteiger partial charge in [-0.25, -0.2) is 4.98 Å². The minimum atomic E-state index is -0.753. The molecule has 0 saturated carbocycles. The van der Waals surface area contributed by atoms with Crippen molar-refractivity contribution in [2.24, 2.45) is 0 Å². The van der Waals surface area contributed by atoms with Gasteiger partial charge in [-0.2, -0.15) is 0 Å².